The van der Waals surface area contributed by atoms with Crippen LogP contribution in [0.3, 0.4) is 0 Å². The first-order chi connectivity index (χ1) is 15.2. The van der Waals surface area contributed by atoms with Crippen molar-refractivity contribution in [3.8, 4) is 0 Å². The van der Waals surface area contributed by atoms with Crippen molar-refractivity contribution in [1.82, 2.24) is 9.62 Å². The van der Waals surface area contributed by atoms with Gasteiger partial charge in [-0.25, -0.2) is 25.9 Å². The molecule has 0 radical (unpaired) electrons. The zero-order valence-corrected chi connectivity index (χ0v) is 20.3. The Labute approximate surface area is 193 Å². The number of hydrogen-bond acceptors (Lipinski definition) is 7. The molecule has 32 heavy (non-hydrogen) atoms. The van der Waals surface area contributed by atoms with Gasteiger partial charge in [0, 0.05) is 17.8 Å². The van der Waals surface area contributed by atoms with Gasteiger partial charge in [-0.1, -0.05) is 18.6 Å². The number of piperidine rings is 1. The normalized spacial score (nSPS) is 20.5. The molecule has 0 spiro atoms. The van der Waals surface area contributed by atoms with Gasteiger partial charge < -0.3 is 0 Å². The lowest BCUT2D eigenvalue weighted by Crippen LogP contribution is -2.40. The summed E-state index contributed by atoms with van der Waals surface area (Å²) in [6.45, 7) is 3.72. The van der Waals surface area contributed by atoms with Crippen LogP contribution in [-0.2, 0) is 24.8 Å². The van der Waals surface area contributed by atoms with Gasteiger partial charge >= 0.3 is 0 Å². The van der Waals surface area contributed by atoms with Crippen molar-refractivity contribution in [2.24, 2.45) is 0 Å². The molecule has 1 aromatic carbocycles. The maximum Gasteiger partial charge on any atom is 0.242 e. The van der Waals surface area contributed by atoms with Crippen LogP contribution >= 0.6 is 11.3 Å². The zero-order valence-electron chi connectivity index (χ0n) is 17.9. The average Bonchev–Trinajstić information content (AvgIpc) is 3.37. The Morgan fingerprint density at radius 1 is 1.16 bits per heavy atom. The summed E-state index contributed by atoms with van der Waals surface area (Å²) in [5.74, 6) is -0.814. The Morgan fingerprint density at radius 3 is 2.53 bits per heavy atom. The summed E-state index contributed by atoms with van der Waals surface area (Å²) in [4.78, 5) is 15.5. The number of amides is 1. The van der Waals surface area contributed by atoms with Crippen LogP contribution in [0.15, 0.2) is 40.6 Å². The number of carbonyl (C=O) groups is 1. The van der Waals surface area contributed by atoms with E-state index >= 15 is 0 Å². The van der Waals surface area contributed by atoms with Crippen molar-refractivity contribution >= 4 is 43.0 Å². The highest BCUT2D eigenvalue weighted by molar-refractivity contribution is 7.94. The molecule has 8 nitrogen and oxygen atoms in total. The van der Waals surface area contributed by atoms with Crippen molar-refractivity contribution < 1.29 is 21.6 Å². The van der Waals surface area contributed by atoms with E-state index in [1.165, 1.54) is 24.6 Å². The van der Waals surface area contributed by atoms with Crippen molar-refractivity contribution in [3.05, 3.63) is 46.2 Å². The number of nitrogens with one attached hydrogen (secondary N) is 1. The maximum absolute atomic E-state index is 13.2. The first kappa shape index (κ1) is 23.4. The number of likely N-dealkylation sites (tertiary alicyclic amines) is 1. The van der Waals surface area contributed by atoms with E-state index in [-0.39, 0.29) is 35.3 Å². The zero-order chi connectivity index (χ0) is 22.9. The molecule has 3 heterocycles. The first-order valence-electron chi connectivity index (χ1n) is 10.6. The van der Waals surface area contributed by atoms with Gasteiger partial charge in [0.15, 0.2) is 0 Å². The number of thiophene rings is 1. The van der Waals surface area contributed by atoms with E-state index in [0.29, 0.717) is 9.87 Å². The second-order valence-corrected chi connectivity index (χ2v) is 12.8. The van der Waals surface area contributed by atoms with Gasteiger partial charge in [-0.15, -0.1) is 11.3 Å². The van der Waals surface area contributed by atoms with Crippen LogP contribution in [0, 0.1) is 6.92 Å². The van der Waals surface area contributed by atoms with Gasteiger partial charge in [0.25, 0.3) is 0 Å². The minimum absolute atomic E-state index is 0.0199. The lowest BCUT2D eigenvalue weighted by atomic mass is 10.1. The number of rotatable bonds is 7. The van der Waals surface area contributed by atoms with Crippen molar-refractivity contribution in [3.63, 3.8) is 0 Å². The molecule has 1 N–H and O–H groups in total. The molecule has 0 aliphatic carbocycles. The van der Waals surface area contributed by atoms with Crippen LogP contribution in [-0.4, -0.2) is 53.0 Å². The van der Waals surface area contributed by atoms with E-state index < -0.39 is 26.0 Å². The molecule has 11 heteroatoms. The van der Waals surface area contributed by atoms with Crippen LogP contribution in [0.2, 0.25) is 0 Å². The smallest absolute Gasteiger partial charge is 0.242 e. The molecule has 1 unspecified atom stereocenters. The molecule has 4 rings (SSSR count). The largest absolute Gasteiger partial charge is 0.294 e. The molecule has 2 aromatic rings. The molecule has 0 saturated carbocycles. The average molecular weight is 498 g/mol. The maximum atomic E-state index is 13.2. The third-order valence-electron chi connectivity index (χ3n) is 5.94. The fraction of sp³-hybridized carbons (Fsp3) is 0.476. The summed E-state index contributed by atoms with van der Waals surface area (Å²) in [7, 11) is -7.70. The number of hydrogen-bond donors (Lipinski definition) is 1. The summed E-state index contributed by atoms with van der Waals surface area (Å²) in [5, 5.41) is 1.99. The van der Waals surface area contributed by atoms with Crippen LogP contribution in [0.25, 0.3) is 0 Å². The van der Waals surface area contributed by atoms with Gasteiger partial charge in [-0.05, 0) is 62.0 Å². The molecule has 1 atom stereocenters. The summed E-state index contributed by atoms with van der Waals surface area (Å²) >= 11 is 1.61. The second-order valence-electron chi connectivity index (χ2n) is 8.15. The highest BCUT2D eigenvalue weighted by atomic mass is 32.2. The predicted molar refractivity (Wildman–Crippen MR) is 125 cm³/mol. The van der Waals surface area contributed by atoms with E-state index in [1.54, 1.807) is 18.3 Å². The number of nitrogens with zero attached hydrogens (tertiary/aromatic N) is 2. The Kier molecular flexibility index (Phi) is 6.73. The number of carbonyl (C=O) groups excluding carboxylic acids is 1. The fourth-order valence-corrected chi connectivity index (χ4v) is 7.87. The monoisotopic (exact) mass is 497 g/mol. The molecule has 1 aromatic heterocycles. The quantitative estimate of drug-likeness (QED) is 0.631. The standard InChI is InChI=1S/C21H27N3O5S3/c1-16-7-8-17(24-21(25)9-13-31(24,26)27)14-20(16)32(28,29)22-15-18(19-6-5-12-30-19)23-10-3-2-4-11-23/h5-8,12,14,18,22H,2-4,9-11,13,15H2,1H3. The minimum atomic E-state index is -3.93. The van der Waals surface area contributed by atoms with Crippen molar-refractivity contribution in [2.75, 3.05) is 29.7 Å². The van der Waals surface area contributed by atoms with Crippen LogP contribution in [0.5, 0.6) is 0 Å². The molecular weight excluding hydrogens is 470 g/mol. The Morgan fingerprint density at radius 2 is 1.91 bits per heavy atom. The van der Waals surface area contributed by atoms with Gasteiger partial charge in [0.05, 0.1) is 22.4 Å². The molecule has 2 aliphatic heterocycles. The van der Waals surface area contributed by atoms with E-state index in [4.69, 9.17) is 0 Å². The molecular formula is C21H27N3O5S3. The SMILES string of the molecule is Cc1ccc(N2C(=O)CCS2(=O)=O)cc1S(=O)(=O)NCC(c1cccs1)N1CCCCC1. The number of aryl methyl sites for hydroxylation is 1. The number of sulfonamides is 2. The van der Waals surface area contributed by atoms with E-state index in [9.17, 15) is 21.6 Å². The lowest BCUT2D eigenvalue weighted by molar-refractivity contribution is -0.116. The van der Waals surface area contributed by atoms with E-state index in [0.717, 1.165) is 30.8 Å². The van der Waals surface area contributed by atoms with Crippen molar-refractivity contribution in [2.45, 2.75) is 43.5 Å². The molecule has 2 fully saturated rings. The highest BCUT2D eigenvalue weighted by Gasteiger charge is 2.37. The summed E-state index contributed by atoms with van der Waals surface area (Å²) in [6.07, 6.45) is 3.26. The highest BCUT2D eigenvalue weighted by Crippen LogP contribution is 2.31. The molecule has 2 saturated heterocycles. The van der Waals surface area contributed by atoms with Gasteiger partial charge in [-0.2, -0.15) is 0 Å². The third kappa shape index (κ3) is 4.76. The minimum Gasteiger partial charge on any atom is -0.294 e. The Hall–Kier alpha value is -1.79. The van der Waals surface area contributed by atoms with Gasteiger partial charge in [-0.3, -0.25) is 9.69 Å². The van der Waals surface area contributed by atoms with E-state index in [2.05, 4.69) is 9.62 Å². The first-order valence-corrected chi connectivity index (χ1v) is 14.6. The Balaban J connectivity index is 1.59. The molecule has 1 amide bonds. The Bertz CT molecular complexity index is 1190. The number of benzene rings is 1. The predicted octanol–water partition coefficient (Wildman–Crippen LogP) is 2.63. The van der Waals surface area contributed by atoms with E-state index in [1.807, 2.05) is 17.5 Å². The fourth-order valence-electron chi connectivity index (χ4n) is 4.26. The van der Waals surface area contributed by atoms with Crippen LogP contribution in [0.1, 0.15) is 42.2 Å². The van der Waals surface area contributed by atoms with Gasteiger partial charge in [0.1, 0.15) is 0 Å². The lowest BCUT2D eigenvalue weighted by Gasteiger charge is -2.34. The molecule has 174 valence electrons. The molecule has 0 bridgehead atoms. The second kappa shape index (κ2) is 9.22. The third-order valence-corrected chi connectivity index (χ3v) is 10.2. The van der Waals surface area contributed by atoms with Crippen molar-refractivity contribution in [1.29, 1.82) is 0 Å². The summed E-state index contributed by atoms with van der Waals surface area (Å²) < 4.78 is 54.5. The summed E-state index contributed by atoms with van der Waals surface area (Å²) in [6, 6.07) is 8.21. The summed E-state index contributed by atoms with van der Waals surface area (Å²) in [5.41, 5.74) is 0.542. The topological polar surface area (TPSA) is 104 Å². The number of anilines is 1. The van der Waals surface area contributed by atoms with Gasteiger partial charge in [0.2, 0.25) is 26.0 Å². The van der Waals surface area contributed by atoms with Crippen LogP contribution < -0.4 is 9.03 Å². The van der Waals surface area contributed by atoms with Crippen LogP contribution in [0.4, 0.5) is 5.69 Å². The molecule has 2 aliphatic rings.